The van der Waals surface area contributed by atoms with E-state index < -0.39 is 29.0 Å². The van der Waals surface area contributed by atoms with Crippen LogP contribution in [0.25, 0.3) is 0 Å². The third-order valence-corrected chi connectivity index (χ3v) is 7.84. The average molecular weight is 424 g/mol. The summed E-state index contributed by atoms with van der Waals surface area (Å²) in [4.78, 5) is 39.9. The maximum absolute atomic E-state index is 12.9. The molecule has 2 unspecified atom stereocenters. The highest BCUT2D eigenvalue weighted by molar-refractivity contribution is 7.85. The van der Waals surface area contributed by atoms with E-state index in [9.17, 15) is 18.6 Å². The number of allylic oxidation sites excluding steroid dienone is 1. The van der Waals surface area contributed by atoms with Crippen LogP contribution in [0.3, 0.4) is 0 Å². The van der Waals surface area contributed by atoms with Gasteiger partial charge < -0.3 is 10.2 Å². The fraction of sp³-hybridized carbons (Fsp3) is 0.762. The van der Waals surface area contributed by atoms with Crippen LogP contribution < -0.4 is 10.0 Å². The molecule has 0 bridgehead atoms. The molecule has 0 aromatic rings. The Morgan fingerprint density at radius 1 is 1.17 bits per heavy atom. The number of rotatable bonds is 3. The molecule has 0 aromatic carbocycles. The minimum atomic E-state index is -1.45. The summed E-state index contributed by atoms with van der Waals surface area (Å²) in [5, 5.41) is 2.82. The fourth-order valence-corrected chi connectivity index (χ4v) is 4.91. The lowest BCUT2D eigenvalue weighted by molar-refractivity contribution is -0.139. The van der Waals surface area contributed by atoms with Gasteiger partial charge in [0.1, 0.15) is 23.1 Å². The fourth-order valence-electron chi connectivity index (χ4n) is 3.87. The molecule has 3 amide bonds. The van der Waals surface area contributed by atoms with Gasteiger partial charge in [-0.15, -0.1) is 0 Å². The molecule has 3 aliphatic rings. The lowest BCUT2D eigenvalue weighted by Crippen LogP contribution is -2.53. The second kappa shape index (κ2) is 9.87. The molecular formula is C21H33N3O4S. The number of nitrogens with zero attached hydrogens (tertiary/aromatic N) is 1. The summed E-state index contributed by atoms with van der Waals surface area (Å²) in [6.45, 7) is 2.48. The second-order valence-corrected chi connectivity index (χ2v) is 10.4. The Bertz CT molecular complexity index is 689. The average Bonchev–Trinajstić information content (AvgIpc) is 3.25. The highest BCUT2D eigenvalue weighted by Crippen LogP contribution is 2.40. The van der Waals surface area contributed by atoms with E-state index in [0.717, 1.165) is 51.4 Å². The van der Waals surface area contributed by atoms with Gasteiger partial charge in [-0.3, -0.25) is 19.1 Å². The molecular weight excluding hydrogens is 390 g/mol. The van der Waals surface area contributed by atoms with Crippen LogP contribution in [0.15, 0.2) is 12.2 Å². The van der Waals surface area contributed by atoms with Crippen molar-refractivity contribution in [3.63, 3.8) is 0 Å². The van der Waals surface area contributed by atoms with Gasteiger partial charge in [0.15, 0.2) is 0 Å². The molecule has 2 fully saturated rings. The summed E-state index contributed by atoms with van der Waals surface area (Å²) in [5.41, 5.74) is 0. The molecule has 1 aliphatic carbocycles. The van der Waals surface area contributed by atoms with Gasteiger partial charge >= 0.3 is 0 Å². The highest BCUT2D eigenvalue weighted by Gasteiger charge is 2.45. The molecule has 1 saturated carbocycles. The minimum Gasteiger partial charge on any atom is -0.342 e. The van der Waals surface area contributed by atoms with Crippen molar-refractivity contribution < 1.29 is 18.6 Å². The lowest BCUT2D eigenvalue weighted by Gasteiger charge is -2.26. The zero-order chi connectivity index (χ0) is 20.9. The Balaban J connectivity index is 1.70. The molecule has 29 heavy (non-hydrogen) atoms. The summed E-state index contributed by atoms with van der Waals surface area (Å²) in [7, 11) is -1.45. The Hall–Kier alpha value is -1.70. The third kappa shape index (κ3) is 5.90. The van der Waals surface area contributed by atoms with Gasteiger partial charge in [0.05, 0.1) is 4.75 Å². The van der Waals surface area contributed by atoms with Crippen LogP contribution >= 0.6 is 0 Å². The van der Waals surface area contributed by atoms with Crippen molar-refractivity contribution in [1.82, 2.24) is 14.9 Å². The Kier molecular flexibility index (Phi) is 7.49. The SMILES string of the molecule is CC1(S(=O)NC(=O)[C@H]2C/C=C\CCCCCCC(=O)N3CCCC3C(=O)N2)CC1. The van der Waals surface area contributed by atoms with E-state index in [-0.39, 0.29) is 16.6 Å². The third-order valence-electron chi connectivity index (χ3n) is 6.15. The van der Waals surface area contributed by atoms with E-state index in [2.05, 4.69) is 10.0 Å². The van der Waals surface area contributed by atoms with Crippen LogP contribution in [0.4, 0.5) is 0 Å². The Labute approximate surface area is 175 Å². The molecule has 2 heterocycles. The summed E-state index contributed by atoms with van der Waals surface area (Å²) >= 11 is 0. The van der Waals surface area contributed by atoms with Crippen LogP contribution in [0.5, 0.6) is 0 Å². The molecule has 1 saturated heterocycles. The number of fused-ring (bicyclic) bond motifs is 1. The normalized spacial score (nSPS) is 30.3. The number of amides is 3. The first-order valence-electron chi connectivity index (χ1n) is 10.9. The van der Waals surface area contributed by atoms with Crippen molar-refractivity contribution in [2.75, 3.05) is 6.54 Å². The van der Waals surface area contributed by atoms with E-state index in [1.165, 1.54) is 0 Å². The molecule has 0 aromatic heterocycles. The van der Waals surface area contributed by atoms with E-state index in [1.54, 1.807) is 4.90 Å². The van der Waals surface area contributed by atoms with Crippen molar-refractivity contribution in [1.29, 1.82) is 0 Å². The first-order valence-corrected chi connectivity index (χ1v) is 12.0. The van der Waals surface area contributed by atoms with E-state index >= 15 is 0 Å². The highest BCUT2D eigenvalue weighted by atomic mass is 32.2. The van der Waals surface area contributed by atoms with Gasteiger partial charge in [0.25, 0.3) is 5.91 Å². The Morgan fingerprint density at radius 3 is 2.69 bits per heavy atom. The Morgan fingerprint density at radius 2 is 1.93 bits per heavy atom. The molecule has 0 spiro atoms. The van der Waals surface area contributed by atoms with Gasteiger partial charge in [-0.2, -0.15) is 0 Å². The minimum absolute atomic E-state index is 0.0272. The van der Waals surface area contributed by atoms with Gasteiger partial charge in [0.2, 0.25) is 11.8 Å². The van der Waals surface area contributed by atoms with Crippen molar-refractivity contribution in [3.05, 3.63) is 12.2 Å². The summed E-state index contributed by atoms with van der Waals surface area (Å²) in [6.07, 6.45) is 12.7. The molecule has 0 radical (unpaired) electrons. The lowest BCUT2D eigenvalue weighted by atomic mass is 10.1. The quantitative estimate of drug-likeness (QED) is 0.680. The maximum atomic E-state index is 12.9. The molecule has 162 valence electrons. The largest absolute Gasteiger partial charge is 0.342 e. The van der Waals surface area contributed by atoms with Crippen LogP contribution in [0.1, 0.15) is 77.6 Å². The van der Waals surface area contributed by atoms with Gasteiger partial charge in [-0.1, -0.05) is 25.0 Å². The molecule has 3 atom stereocenters. The monoisotopic (exact) mass is 423 g/mol. The summed E-state index contributed by atoms with van der Waals surface area (Å²) in [5.74, 6) is -0.684. The number of nitrogens with one attached hydrogen (secondary N) is 2. The molecule has 2 N–H and O–H groups in total. The molecule has 8 heteroatoms. The van der Waals surface area contributed by atoms with E-state index in [0.29, 0.717) is 25.8 Å². The molecule has 7 nitrogen and oxygen atoms in total. The van der Waals surface area contributed by atoms with Crippen LogP contribution in [-0.4, -0.2) is 50.2 Å². The molecule has 3 rings (SSSR count). The van der Waals surface area contributed by atoms with Crippen LogP contribution in [0, 0.1) is 0 Å². The maximum Gasteiger partial charge on any atom is 0.254 e. The number of hydrogen-bond donors (Lipinski definition) is 2. The first-order chi connectivity index (χ1) is 13.9. The predicted octanol–water partition coefficient (Wildman–Crippen LogP) is 2.10. The number of hydrogen-bond acceptors (Lipinski definition) is 4. The second-order valence-electron chi connectivity index (χ2n) is 8.65. The van der Waals surface area contributed by atoms with Crippen molar-refractivity contribution in [2.24, 2.45) is 0 Å². The smallest absolute Gasteiger partial charge is 0.254 e. The zero-order valence-electron chi connectivity index (χ0n) is 17.3. The summed E-state index contributed by atoms with van der Waals surface area (Å²) < 4.78 is 14.6. The van der Waals surface area contributed by atoms with Crippen molar-refractivity contribution >= 4 is 28.7 Å². The van der Waals surface area contributed by atoms with Gasteiger partial charge in [-0.05, 0) is 58.3 Å². The van der Waals surface area contributed by atoms with E-state index in [4.69, 9.17) is 0 Å². The van der Waals surface area contributed by atoms with Crippen molar-refractivity contribution in [2.45, 2.75) is 94.4 Å². The topological polar surface area (TPSA) is 95.6 Å². The van der Waals surface area contributed by atoms with Crippen LogP contribution in [-0.2, 0) is 25.4 Å². The van der Waals surface area contributed by atoms with Gasteiger partial charge in [0, 0.05) is 13.0 Å². The number of carbonyl (C=O) groups excluding carboxylic acids is 3. The first kappa shape index (κ1) is 22.0. The van der Waals surface area contributed by atoms with Gasteiger partial charge in [-0.25, -0.2) is 4.21 Å². The standard InChI is InChI=1S/C21H33N3O4S/c1-21(13-14-21)29(28)23-19(26)16-10-7-5-3-2-4-6-8-12-18(25)24-15-9-11-17(24)20(27)22-16/h5,7,16-17H,2-4,6,8-15H2,1H3,(H,22,27)(H,23,26)/b7-5-/t16-,17?,29?/m1/s1. The molecule has 2 aliphatic heterocycles. The predicted molar refractivity (Wildman–Crippen MR) is 112 cm³/mol. The van der Waals surface area contributed by atoms with Crippen molar-refractivity contribution in [3.8, 4) is 0 Å². The summed E-state index contributed by atoms with van der Waals surface area (Å²) in [6, 6.07) is -1.30. The number of carbonyl (C=O) groups is 3. The van der Waals surface area contributed by atoms with Crippen LogP contribution in [0.2, 0.25) is 0 Å². The zero-order valence-corrected chi connectivity index (χ0v) is 18.1. The van der Waals surface area contributed by atoms with E-state index in [1.807, 2.05) is 19.1 Å².